The van der Waals surface area contributed by atoms with Gasteiger partial charge in [-0.1, -0.05) is 0 Å². The minimum absolute atomic E-state index is 0. The number of hydrogen-bond donors (Lipinski definition) is 0. The van der Waals surface area contributed by atoms with E-state index in [1.807, 2.05) is 0 Å². The normalized spacial score (nSPS) is 10.8. The van der Waals surface area contributed by atoms with Crippen molar-refractivity contribution in [2.24, 2.45) is 0 Å². The van der Waals surface area contributed by atoms with E-state index in [0.717, 1.165) is 0 Å². The van der Waals surface area contributed by atoms with Crippen LogP contribution in [0.4, 0.5) is 39.5 Å². The summed E-state index contributed by atoms with van der Waals surface area (Å²) < 4.78 is 94.6. The molecule has 0 aliphatic heterocycles. The maximum Gasteiger partial charge on any atom is 0.430 e. The Balaban J connectivity index is -0.000000108. The molecule has 0 N–H and O–H groups in total. The minimum atomic E-state index is -5.19. The molecule has 0 spiro atoms. The molecule has 0 fully saturated rings. The van der Waals surface area contributed by atoms with Gasteiger partial charge in [-0.3, -0.25) is 0 Å². The Morgan fingerprint density at radius 3 is 0.545 bits per heavy atom. The molecule has 0 rings (SSSR count). The first-order valence-corrected chi connectivity index (χ1v) is 3.68. The fraction of sp³-hybridized carbons (Fsp3) is 0.500. The second-order valence-corrected chi connectivity index (χ2v) is 2.36. The van der Waals surface area contributed by atoms with Gasteiger partial charge in [0.05, 0.1) is 0 Å². The Hall–Kier alpha value is -0.882. The van der Waals surface area contributed by atoms with E-state index in [4.69, 9.17) is 29.7 Å². The summed E-state index contributed by atoms with van der Waals surface area (Å²) in [6.45, 7) is 0. The molecule has 16 heteroatoms. The van der Waals surface area contributed by atoms with Crippen molar-refractivity contribution in [1.82, 2.24) is 0 Å². The minimum Gasteiger partial charge on any atom is -0.542 e. The van der Waals surface area contributed by atoms with Crippen LogP contribution < -0.4 is 15.3 Å². The fourth-order valence-corrected chi connectivity index (χ4v) is 0. The van der Waals surface area contributed by atoms with E-state index in [9.17, 15) is 39.5 Å². The van der Waals surface area contributed by atoms with Crippen LogP contribution in [-0.4, -0.2) is 36.4 Å². The summed E-state index contributed by atoms with van der Waals surface area (Å²) in [5.74, 6) is -9.02. The maximum atomic E-state index is 10.5. The summed E-state index contributed by atoms with van der Waals surface area (Å²) in [5, 5.41) is 26.4. The molecule has 0 heterocycles. The van der Waals surface area contributed by atoms with Crippen LogP contribution in [0.15, 0.2) is 0 Å². The fourth-order valence-electron chi connectivity index (χ4n) is 0. The van der Waals surface area contributed by atoms with Crippen molar-refractivity contribution in [2.45, 2.75) is 18.5 Å². The summed E-state index contributed by atoms with van der Waals surface area (Å²) in [6.07, 6.45) is -15.6. The van der Waals surface area contributed by atoms with Crippen LogP contribution in [0.25, 0.3) is 0 Å². The molecular weight excluding hydrogens is 489 g/mol. The van der Waals surface area contributed by atoms with E-state index < -0.39 is 36.4 Å². The number of carbonyl (C=O) groups excluding carboxylic acids is 3. The Bertz CT molecular complexity index is 313. The number of halogens is 9. The van der Waals surface area contributed by atoms with Crippen molar-refractivity contribution in [1.29, 1.82) is 0 Å². The Morgan fingerprint density at radius 1 is 0.500 bits per heavy atom. The Kier molecular flexibility index (Phi) is 14.3. The number of aliphatic carboxylic acids is 3. The van der Waals surface area contributed by atoms with Gasteiger partial charge < -0.3 is 29.7 Å². The zero-order valence-electron chi connectivity index (χ0n) is 9.26. The van der Waals surface area contributed by atoms with Crippen LogP contribution in [0.1, 0.15) is 0 Å². The van der Waals surface area contributed by atoms with Gasteiger partial charge in [-0.2, -0.15) is 39.5 Å². The average molecular weight is 489 g/mol. The van der Waals surface area contributed by atoms with Crippen LogP contribution in [0, 0.1) is 40.4 Å². The molecule has 0 aliphatic carbocycles. The number of rotatable bonds is 0. The van der Waals surface area contributed by atoms with Crippen molar-refractivity contribution in [2.75, 3.05) is 0 Å². The number of hydrogen-bond acceptors (Lipinski definition) is 6. The van der Waals surface area contributed by atoms with Gasteiger partial charge in [-0.25, -0.2) is 0 Å². The van der Waals surface area contributed by atoms with Gasteiger partial charge in [0.2, 0.25) is 0 Å². The maximum absolute atomic E-state index is 10.5. The van der Waals surface area contributed by atoms with E-state index in [1.165, 1.54) is 0 Å². The zero-order valence-corrected chi connectivity index (χ0v) is 11.9. The van der Waals surface area contributed by atoms with E-state index in [2.05, 4.69) is 0 Å². The first kappa shape index (κ1) is 29.2. The van der Waals surface area contributed by atoms with E-state index >= 15 is 0 Å². The third-order valence-corrected chi connectivity index (χ3v) is 0.694. The topological polar surface area (TPSA) is 120 Å². The van der Waals surface area contributed by atoms with E-state index in [-0.39, 0.29) is 40.4 Å². The summed E-state index contributed by atoms with van der Waals surface area (Å²) in [7, 11) is 0. The second-order valence-electron chi connectivity index (χ2n) is 2.36. The monoisotopic (exact) mass is 491 g/mol. The van der Waals surface area contributed by atoms with Crippen LogP contribution in [-0.2, 0) is 14.4 Å². The third kappa shape index (κ3) is 21.4. The van der Waals surface area contributed by atoms with Gasteiger partial charge in [0.1, 0.15) is 17.9 Å². The van der Waals surface area contributed by atoms with E-state index in [1.54, 1.807) is 0 Å². The van der Waals surface area contributed by atoms with Crippen molar-refractivity contribution in [3.05, 3.63) is 0 Å². The number of alkyl halides is 9. The molecule has 0 aromatic heterocycles. The van der Waals surface area contributed by atoms with Gasteiger partial charge in [-0.05, 0) is 0 Å². The molecule has 0 saturated carbocycles. The molecule has 0 radical (unpaired) electrons. The molecule has 0 amide bonds. The van der Waals surface area contributed by atoms with Crippen LogP contribution in [0.5, 0.6) is 0 Å². The standard InChI is InChI=1S/3C2HF3O2.Sm/c3*3-2(4,5)1(6)7;/h3*(H,6,7);/p-3. The van der Waals surface area contributed by atoms with Crippen LogP contribution in [0.2, 0.25) is 0 Å². The van der Waals surface area contributed by atoms with Gasteiger partial charge in [0.25, 0.3) is 0 Å². The molecule has 0 saturated heterocycles. The second kappa shape index (κ2) is 10.8. The first-order valence-electron chi connectivity index (χ1n) is 3.68. The van der Waals surface area contributed by atoms with Crippen LogP contribution >= 0.6 is 0 Å². The molecule has 0 aromatic rings. The zero-order chi connectivity index (χ0) is 18.2. The molecule has 0 aliphatic rings. The predicted molar refractivity (Wildman–Crippen MR) is 33.2 cm³/mol. The molecule has 0 atom stereocenters. The van der Waals surface area contributed by atoms with Gasteiger partial charge in [0.15, 0.2) is 0 Å². The number of carboxylic acid groups (broad SMARTS) is 3. The van der Waals surface area contributed by atoms with E-state index in [0.29, 0.717) is 0 Å². The van der Waals surface area contributed by atoms with Crippen molar-refractivity contribution >= 4 is 17.9 Å². The first-order chi connectivity index (χ1) is 8.83. The molecule has 22 heavy (non-hydrogen) atoms. The average Bonchev–Trinajstić information content (AvgIpc) is 2.14. The predicted octanol–water partition coefficient (Wildman–Crippen LogP) is -2.10. The summed E-state index contributed by atoms with van der Waals surface area (Å²) in [5.41, 5.74) is 0. The molecule has 132 valence electrons. The van der Waals surface area contributed by atoms with Gasteiger partial charge >= 0.3 is 18.5 Å². The van der Waals surface area contributed by atoms with Gasteiger partial charge in [-0.15, -0.1) is 0 Å². The summed E-state index contributed by atoms with van der Waals surface area (Å²) in [4.78, 5) is 26.4. The number of carbonyl (C=O) groups is 3. The Morgan fingerprint density at radius 2 is 0.545 bits per heavy atom. The largest absolute Gasteiger partial charge is 0.542 e. The third-order valence-electron chi connectivity index (χ3n) is 0.694. The quantitative estimate of drug-likeness (QED) is 0.360. The SMILES string of the molecule is O=C([O-])C(F)(F)F.O=C([O-])C(F)(F)F.O=C([O-])C(F)(F)F.[Sm]. The van der Waals surface area contributed by atoms with Crippen molar-refractivity contribution in [3.8, 4) is 0 Å². The number of carboxylic acids is 3. The molecule has 0 unspecified atom stereocenters. The molecule has 0 aromatic carbocycles. The molecule has 0 bridgehead atoms. The van der Waals surface area contributed by atoms with Crippen molar-refractivity contribution < 1.29 is 110 Å². The van der Waals surface area contributed by atoms with Crippen LogP contribution in [0.3, 0.4) is 0 Å². The smallest absolute Gasteiger partial charge is 0.430 e. The molecular formula is C6F9O6Sm-3. The molecule has 6 nitrogen and oxygen atoms in total. The Labute approximate surface area is 146 Å². The van der Waals surface area contributed by atoms with Gasteiger partial charge in [0, 0.05) is 40.4 Å². The summed E-state index contributed by atoms with van der Waals surface area (Å²) in [6, 6.07) is 0. The summed E-state index contributed by atoms with van der Waals surface area (Å²) >= 11 is 0. The van der Waals surface area contributed by atoms with Crippen molar-refractivity contribution in [3.63, 3.8) is 0 Å².